The molecule has 0 aliphatic heterocycles. The lowest BCUT2D eigenvalue weighted by Gasteiger charge is -2.32. The summed E-state index contributed by atoms with van der Waals surface area (Å²) >= 11 is 7.40. The smallest absolute Gasteiger partial charge is 0.265 e. The van der Waals surface area contributed by atoms with Gasteiger partial charge in [0.05, 0.1) is 31.2 Å². The van der Waals surface area contributed by atoms with Crippen molar-refractivity contribution in [2.45, 2.75) is 26.7 Å². The highest BCUT2D eigenvalue weighted by molar-refractivity contribution is 7.13. The van der Waals surface area contributed by atoms with Crippen molar-refractivity contribution in [2.75, 3.05) is 14.2 Å². The summed E-state index contributed by atoms with van der Waals surface area (Å²) in [5, 5.41) is 3.09. The van der Waals surface area contributed by atoms with Crippen LogP contribution in [-0.2, 0) is 6.42 Å². The molecule has 2 heterocycles. The number of pyridine rings is 1. The zero-order chi connectivity index (χ0) is 25.6. The zero-order valence-corrected chi connectivity index (χ0v) is 22.0. The highest BCUT2D eigenvalue weighted by Crippen LogP contribution is 2.39. The van der Waals surface area contributed by atoms with Gasteiger partial charge in [-0.05, 0) is 42.2 Å². The third-order valence-electron chi connectivity index (χ3n) is 6.39. The zero-order valence-electron chi connectivity index (χ0n) is 20.4. The average Bonchev–Trinajstić information content (AvgIpc) is 3.33. The molecule has 0 unspecified atom stereocenters. The quantitative estimate of drug-likeness (QED) is 0.302. The molecule has 5 rings (SSSR count). The molecular formula is C28H25ClN2O4S. The molecule has 0 spiro atoms. The van der Waals surface area contributed by atoms with E-state index in [1.165, 1.54) is 11.3 Å². The van der Waals surface area contributed by atoms with Crippen LogP contribution < -0.4 is 15.0 Å². The van der Waals surface area contributed by atoms with E-state index in [1.54, 1.807) is 55.2 Å². The molecule has 0 N–H and O–H groups in total. The molecule has 4 aromatic rings. The molecule has 8 heteroatoms. The van der Waals surface area contributed by atoms with Crippen LogP contribution in [0.5, 0.6) is 11.5 Å². The molecule has 2 aromatic carbocycles. The van der Waals surface area contributed by atoms with Crippen molar-refractivity contribution >= 4 is 28.7 Å². The molecule has 1 aliphatic rings. The first-order valence-corrected chi connectivity index (χ1v) is 12.7. The first-order valence-electron chi connectivity index (χ1n) is 11.5. The molecular weight excluding hydrogens is 496 g/mol. The van der Waals surface area contributed by atoms with Crippen LogP contribution in [0.1, 0.15) is 36.3 Å². The summed E-state index contributed by atoms with van der Waals surface area (Å²) in [6, 6.07) is 14.4. The first-order chi connectivity index (χ1) is 17.2. The third kappa shape index (κ3) is 4.33. The standard InChI is InChI=1S/C28H25ClN2O4S/c1-28(2)13-23-19(24(32)14-28)12-20(26-30-21(15-36-26)16-5-7-17(29)8-6-16)27(33)31(23)22-10-9-18(34-3)11-25(22)35-4/h5-12,15H,13-14H2,1-4H3. The Morgan fingerprint density at radius 1 is 0.972 bits per heavy atom. The first kappa shape index (κ1) is 24.3. The fraction of sp³-hybridized carbons (Fsp3) is 0.250. The number of thiazole rings is 1. The summed E-state index contributed by atoms with van der Waals surface area (Å²) < 4.78 is 12.6. The Bertz CT molecular complexity index is 1540. The number of carbonyl (C=O) groups excluding carboxylic acids is 1. The molecule has 0 amide bonds. The number of fused-ring (bicyclic) bond motifs is 1. The van der Waals surface area contributed by atoms with Gasteiger partial charge >= 0.3 is 0 Å². The molecule has 0 atom stereocenters. The molecule has 36 heavy (non-hydrogen) atoms. The Labute approximate surface area is 218 Å². The summed E-state index contributed by atoms with van der Waals surface area (Å²) in [6.07, 6.45) is 0.984. The van der Waals surface area contributed by atoms with Gasteiger partial charge in [0.15, 0.2) is 5.78 Å². The highest BCUT2D eigenvalue weighted by atomic mass is 35.5. The largest absolute Gasteiger partial charge is 0.497 e. The maximum Gasteiger partial charge on any atom is 0.265 e. The Kier molecular flexibility index (Phi) is 6.22. The lowest BCUT2D eigenvalue weighted by Crippen LogP contribution is -2.35. The van der Waals surface area contributed by atoms with Gasteiger partial charge in [-0.25, -0.2) is 4.98 Å². The van der Waals surface area contributed by atoms with Crippen molar-refractivity contribution in [1.82, 2.24) is 9.55 Å². The number of carbonyl (C=O) groups is 1. The maximum atomic E-state index is 14.1. The molecule has 0 fully saturated rings. The minimum absolute atomic E-state index is 0.0122. The van der Waals surface area contributed by atoms with E-state index in [1.807, 2.05) is 31.4 Å². The second-order valence-corrected chi connectivity index (χ2v) is 10.9. The molecule has 1 aliphatic carbocycles. The number of hydrogen-bond acceptors (Lipinski definition) is 6. The summed E-state index contributed by atoms with van der Waals surface area (Å²) in [5.74, 6) is 1.10. The van der Waals surface area contributed by atoms with Crippen LogP contribution in [0.4, 0.5) is 0 Å². The van der Waals surface area contributed by atoms with Gasteiger partial charge in [-0.1, -0.05) is 37.6 Å². The number of halogens is 1. The Hall–Kier alpha value is -3.42. The van der Waals surface area contributed by atoms with Crippen LogP contribution in [0.3, 0.4) is 0 Å². The number of aromatic nitrogens is 2. The van der Waals surface area contributed by atoms with Crippen LogP contribution in [0.2, 0.25) is 5.02 Å². The van der Waals surface area contributed by atoms with Gasteiger partial charge in [-0.2, -0.15) is 0 Å². The number of ether oxygens (including phenoxy) is 2. The number of Topliss-reactive ketones (excluding diaryl/α,β-unsaturated/α-hetero) is 1. The normalized spacial score (nSPS) is 14.4. The van der Waals surface area contributed by atoms with E-state index in [9.17, 15) is 9.59 Å². The summed E-state index contributed by atoms with van der Waals surface area (Å²) in [5.41, 5.74) is 3.28. The van der Waals surface area contributed by atoms with E-state index in [4.69, 9.17) is 26.1 Å². The van der Waals surface area contributed by atoms with E-state index in [0.29, 0.717) is 56.9 Å². The third-order valence-corrected chi connectivity index (χ3v) is 7.52. The van der Waals surface area contributed by atoms with Crippen LogP contribution in [-0.4, -0.2) is 29.6 Å². The second kappa shape index (κ2) is 9.22. The Morgan fingerprint density at radius 3 is 2.42 bits per heavy atom. The van der Waals surface area contributed by atoms with Gasteiger partial charge < -0.3 is 9.47 Å². The molecule has 6 nitrogen and oxygen atoms in total. The van der Waals surface area contributed by atoms with Gasteiger partial charge in [0, 0.05) is 39.7 Å². The van der Waals surface area contributed by atoms with Crippen LogP contribution in [0.25, 0.3) is 27.5 Å². The second-order valence-electron chi connectivity index (χ2n) is 9.58. The lowest BCUT2D eigenvalue weighted by atomic mass is 9.75. The number of hydrogen-bond donors (Lipinski definition) is 0. The van der Waals surface area contributed by atoms with Crippen molar-refractivity contribution in [3.05, 3.63) is 80.5 Å². The predicted molar refractivity (Wildman–Crippen MR) is 143 cm³/mol. The molecule has 184 valence electrons. The van der Waals surface area contributed by atoms with E-state index in [-0.39, 0.29) is 16.8 Å². The number of ketones is 1. The van der Waals surface area contributed by atoms with Crippen molar-refractivity contribution in [2.24, 2.45) is 5.41 Å². The summed E-state index contributed by atoms with van der Waals surface area (Å²) in [6.45, 7) is 4.09. The minimum Gasteiger partial charge on any atom is -0.497 e. The number of rotatable bonds is 5. The van der Waals surface area contributed by atoms with Crippen molar-refractivity contribution < 1.29 is 14.3 Å². The van der Waals surface area contributed by atoms with Crippen LogP contribution >= 0.6 is 22.9 Å². The van der Waals surface area contributed by atoms with Crippen LogP contribution in [0.15, 0.2) is 58.7 Å². The molecule has 0 saturated heterocycles. The van der Waals surface area contributed by atoms with E-state index >= 15 is 0 Å². The van der Waals surface area contributed by atoms with Gasteiger partial charge in [0.2, 0.25) is 0 Å². The average molecular weight is 521 g/mol. The molecule has 0 saturated carbocycles. The Balaban J connectivity index is 1.75. The van der Waals surface area contributed by atoms with E-state index in [2.05, 4.69) is 0 Å². The minimum atomic E-state index is -0.275. The number of nitrogens with zero attached hydrogens (tertiary/aromatic N) is 2. The SMILES string of the molecule is COc1ccc(-n2c3c(cc(-c4nc(-c5ccc(Cl)cc5)cs4)c2=O)C(=O)CC(C)(C)C3)c(OC)c1. The highest BCUT2D eigenvalue weighted by Gasteiger charge is 2.35. The van der Waals surface area contributed by atoms with E-state index in [0.717, 1.165) is 11.3 Å². The fourth-order valence-electron chi connectivity index (χ4n) is 4.64. The van der Waals surface area contributed by atoms with Crippen molar-refractivity contribution in [3.8, 4) is 39.0 Å². The topological polar surface area (TPSA) is 70.4 Å². The summed E-state index contributed by atoms with van der Waals surface area (Å²) in [4.78, 5) is 32.1. The number of methoxy groups -OCH3 is 2. The molecule has 0 radical (unpaired) electrons. The van der Waals surface area contributed by atoms with E-state index < -0.39 is 0 Å². The predicted octanol–water partition coefficient (Wildman–Crippen LogP) is 6.45. The maximum absolute atomic E-state index is 14.1. The van der Waals surface area contributed by atoms with Gasteiger partial charge in [0.1, 0.15) is 16.5 Å². The van der Waals surface area contributed by atoms with Crippen molar-refractivity contribution in [3.63, 3.8) is 0 Å². The number of benzene rings is 2. The van der Waals surface area contributed by atoms with Gasteiger partial charge in [-0.3, -0.25) is 14.2 Å². The molecule has 0 bridgehead atoms. The monoisotopic (exact) mass is 520 g/mol. The molecule has 2 aromatic heterocycles. The fourth-order valence-corrected chi connectivity index (χ4v) is 5.60. The summed E-state index contributed by atoms with van der Waals surface area (Å²) in [7, 11) is 3.12. The Morgan fingerprint density at radius 2 is 1.72 bits per heavy atom. The van der Waals surface area contributed by atoms with Gasteiger partial charge in [0.25, 0.3) is 5.56 Å². The van der Waals surface area contributed by atoms with Gasteiger partial charge in [-0.15, -0.1) is 11.3 Å². The van der Waals surface area contributed by atoms with Crippen molar-refractivity contribution in [1.29, 1.82) is 0 Å². The lowest BCUT2D eigenvalue weighted by molar-refractivity contribution is 0.0909. The van der Waals surface area contributed by atoms with Crippen LogP contribution in [0, 0.1) is 5.41 Å².